The Morgan fingerprint density at radius 3 is 2.66 bits per heavy atom. The van der Waals surface area contributed by atoms with E-state index < -0.39 is 11.8 Å². The third-order valence-corrected chi connectivity index (χ3v) is 5.01. The second-order valence-electron chi connectivity index (χ2n) is 6.76. The predicted molar refractivity (Wildman–Crippen MR) is 118 cm³/mol. The molecule has 10 heteroatoms. The lowest BCUT2D eigenvalue weighted by Gasteiger charge is -2.07. The first-order chi connectivity index (χ1) is 15.5. The maximum absolute atomic E-state index is 12.6. The Morgan fingerprint density at radius 2 is 1.91 bits per heavy atom. The number of rotatable bonds is 8. The van der Waals surface area contributed by atoms with Crippen molar-refractivity contribution >= 4 is 33.4 Å². The van der Waals surface area contributed by atoms with Gasteiger partial charge in [0.1, 0.15) is 29.6 Å². The van der Waals surface area contributed by atoms with Crippen LogP contribution in [-0.4, -0.2) is 21.6 Å². The van der Waals surface area contributed by atoms with Gasteiger partial charge in [0.05, 0.1) is 24.7 Å². The summed E-state index contributed by atoms with van der Waals surface area (Å²) in [5.74, 6) is 0.953. The number of hydrogen-bond acceptors (Lipinski definition) is 6. The minimum Gasteiger partial charge on any atom is -0.486 e. The van der Waals surface area contributed by atoms with Gasteiger partial charge in [-0.1, -0.05) is 15.9 Å². The van der Waals surface area contributed by atoms with Crippen molar-refractivity contribution in [2.24, 2.45) is 7.05 Å². The average Bonchev–Trinajstić information content (AvgIpc) is 3.53. The molecule has 32 heavy (non-hydrogen) atoms. The molecule has 0 fully saturated rings. The van der Waals surface area contributed by atoms with E-state index in [1.54, 1.807) is 31.3 Å². The zero-order valence-electron chi connectivity index (χ0n) is 17.0. The van der Waals surface area contributed by atoms with Gasteiger partial charge in [-0.25, -0.2) is 0 Å². The van der Waals surface area contributed by atoms with Crippen molar-refractivity contribution in [3.8, 4) is 5.75 Å². The van der Waals surface area contributed by atoms with Crippen molar-refractivity contribution in [2.75, 3.05) is 5.32 Å². The van der Waals surface area contributed by atoms with Crippen LogP contribution in [0.15, 0.2) is 74.3 Å². The highest BCUT2D eigenvalue weighted by atomic mass is 79.9. The van der Waals surface area contributed by atoms with Crippen molar-refractivity contribution < 1.29 is 23.2 Å². The normalized spacial score (nSPS) is 10.7. The monoisotopic (exact) mass is 498 g/mol. The number of nitrogens with zero attached hydrogens (tertiary/aromatic N) is 2. The molecule has 0 saturated heterocycles. The fourth-order valence-corrected chi connectivity index (χ4v) is 3.17. The molecule has 0 aliphatic rings. The van der Waals surface area contributed by atoms with Crippen LogP contribution < -0.4 is 15.4 Å². The van der Waals surface area contributed by atoms with Gasteiger partial charge in [-0.2, -0.15) is 5.10 Å². The quantitative estimate of drug-likeness (QED) is 0.377. The molecule has 4 rings (SSSR count). The van der Waals surface area contributed by atoms with Gasteiger partial charge in [0.2, 0.25) is 0 Å². The van der Waals surface area contributed by atoms with E-state index in [1.165, 1.54) is 17.1 Å². The van der Waals surface area contributed by atoms with Gasteiger partial charge in [0.25, 0.3) is 11.8 Å². The van der Waals surface area contributed by atoms with Gasteiger partial charge in [0, 0.05) is 11.5 Å². The van der Waals surface area contributed by atoms with Crippen LogP contribution in [0.2, 0.25) is 0 Å². The van der Waals surface area contributed by atoms with E-state index in [9.17, 15) is 9.59 Å². The van der Waals surface area contributed by atoms with Gasteiger partial charge in [0.15, 0.2) is 5.76 Å². The summed E-state index contributed by atoms with van der Waals surface area (Å²) in [5.41, 5.74) is 0.466. The van der Waals surface area contributed by atoms with Crippen molar-refractivity contribution in [3.63, 3.8) is 0 Å². The van der Waals surface area contributed by atoms with E-state index in [1.807, 2.05) is 24.3 Å². The van der Waals surface area contributed by atoms with E-state index in [0.717, 1.165) is 4.47 Å². The summed E-state index contributed by atoms with van der Waals surface area (Å²) >= 11 is 3.37. The summed E-state index contributed by atoms with van der Waals surface area (Å²) in [4.78, 5) is 25.2. The number of nitrogens with one attached hydrogen (secondary N) is 2. The molecular weight excluding hydrogens is 480 g/mol. The molecule has 2 N–H and O–H groups in total. The molecule has 0 bridgehead atoms. The van der Waals surface area contributed by atoms with Crippen LogP contribution in [0.4, 0.5) is 5.69 Å². The third-order valence-electron chi connectivity index (χ3n) is 4.49. The Labute approximate surface area is 191 Å². The molecule has 0 aliphatic carbocycles. The minimum absolute atomic E-state index is 0.0882. The maximum Gasteiger partial charge on any atom is 0.291 e. The van der Waals surface area contributed by atoms with Crippen LogP contribution in [0.1, 0.15) is 32.6 Å². The van der Waals surface area contributed by atoms with E-state index in [4.69, 9.17) is 13.6 Å². The number of carbonyl (C=O) groups is 2. The van der Waals surface area contributed by atoms with Gasteiger partial charge >= 0.3 is 0 Å². The lowest BCUT2D eigenvalue weighted by molar-refractivity contribution is 0.0939. The van der Waals surface area contributed by atoms with Crippen LogP contribution in [0.5, 0.6) is 5.75 Å². The summed E-state index contributed by atoms with van der Waals surface area (Å²) in [6.45, 7) is 0.381. The topological polar surface area (TPSA) is 112 Å². The maximum atomic E-state index is 12.6. The largest absolute Gasteiger partial charge is 0.486 e. The summed E-state index contributed by atoms with van der Waals surface area (Å²) in [5, 5.41) is 9.47. The van der Waals surface area contributed by atoms with Gasteiger partial charge in [-0.15, -0.1) is 0 Å². The molecular formula is C22H19BrN4O5. The number of halogens is 1. The van der Waals surface area contributed by atoms with Crippen molar-refractivity contribution in [3.05, 3.63) is 88.4 Å². The second kappa shape index (κ2) is 9.56. The molecule has 9 nitrogen and oxygen atoms in total. The van der Waals surface area contributed by atoms with Gasteiger partial charge in [-0.3, -0.25) is 14.3 Å². The SMILES string of the molecule is Cn1ncc(NC(=O)c2ccc(COc3ccc(Br)cc3)o2)c1C(=O)NCc1ccco1. The van der Waals surface area contributed by atoms with Gasteiger partial charge in [-0.05, 0) is 48.5 Å². The molecule has 1 aromatic carbocycles. The smallest absolute Gasteiger partial charge is 0.291 e. The Bertz CT molecular complexity index is 1210. The first-order valence-electron chi connectivity index (χ1n) is 9.60. The predicted octanol–water partition coefficient (Wildman–Crippen LogP) is 4.13. The number of aryl methyl sites for hydroxylation is 1. The molecule has 0 saturated carbocycles. The molecule has 3 heterocycles. The lowest BCUT2D eigenvalue weighted by Crippen LogP contribution is -2.26. The van der Waals surface area contributed by atoms with E-state index in [2.05, 4.69) is 31.7 Å². The molecule has 2 amide bonds. The first kappa shape index (κ1) is 21.4. The highest BCUT2D eigenvalue weighted by molar-refractivity contribution is 9.10. The van der Waals surface area contributed by atoms with E-state index in [-0.39, 0.29) is 30.3 Å². The van der Waals surface area contributed by atoms with Gasteiger partial charge < -0.3 is 24.2 Å². The zero-order chi connectivity index (χ0) is 22.5. The second-order valence-corrected chi connectivity index (χ2v) is 7.67. The lowest BCUT2D eigenvalue weighted by atomic mass is 10.3. The Hall–Kier alpha value is -3.79. The minimum atomic E-state index is -0.507. The molecule has 0 aliphatic heterocycles. The number of hydrogen-bond donors (Lipinski definition) is 2. The first-order valence-corrected chi connectivity index (χ1v) is 10.4. The highest BCUT2D eigenvalue weighted by Gasteiger charge is 2.21. The summed E-state index contributed by atoms with van der Waals surface area (Å²) in [7, 11) is 1.61. The fraction of sp³-hybridized carbons (Fsp3) is 0.136. The van der Waals surface area contributed by atoms with Crippen LogP contribution in [-0.2, 0) is 20.2 Å². The number of carbonyl (C=O) groups excluding carboxylic acids is 2. The van der Waals surface area contributed by atoms with Crippen LogP contribution in [0, 0.1) is 0 Å². The number of ether oxygens (including phenoxy) is 1. The highest BCUT2D eigenvalue weighted by Crippen LogP contribution is 2.20. The standard InChI is InChI=1S/C22H19BrN4O5/c1-27-20(22(29)24-11-16-3-2-10-30-16)18(12-25-27)26-21(28)19-9-8-17(32-19)13-31-15-6-4-14(23)5-7-15/h2-10,12H,11,13H2,1H3,(H,24,29)(H,26,28). The zero-order valence-corrected chi connectivity index (χ0v) is 18.6. The third kappa shape index (κ3) is 5.09. The average molecular weight is 499 g/mol. The molecule has 0 unspecified atom stereocenters. The van der Waals surface area contributed by atoms with E-state index >= 15 is 0 Å². The van der Waals surface area contributed by atoms with Crippen LogP contribution in [0.3, 0.4) is 0 Å². The van der Waals surface area contributed by atoms with Crippen molar-refractivity contribution in [1.29, 1.82) is 0 Å². The number of anilines is 1. The number of amides is 2. The van der Waals surface area contributed by atoms with Crippen molar-refractivity contribution in [2.45, 2.75) is 13.2 Å². The summed E-state index contributed by atoms with van der Waals surface area (Å²) < 4.78 is 18.8. The number of aromatic nitrogens is 2. The number of furan rings is 2. The Kier molecular flexibility index (Phi) is 6.41. The summed E-state index contributed by atoms with van der Waals surface area (Å²) in [6, 6.07) is 14.1. The van der Waals surface area contributed by atoms with Crippen molar-refractivity contribution in [1.82, 2.24) is 15.1 Å². The molecule has 4 aromatic rings. The molecule has 164 valence electrons. The molecule has 3 aromatic heterocycles. The molecule has 0 spiro atoms. The fourth-order valence-electron chi connectivity index (χ4n) is 2.91. The van der Waals surface area contributed by atoms with Crippen LogP contribution in [0.25, 0.3) is 0 Å². The number of benzene rings is 1. The van der Waals surface area contributed by atoms with Crippen LogP contribution >= 0.6 is 15.9 Å². The van der Waals surface area contributed by atoms with E-state index in [0.29, 0.717) is 17.3 Å². The Balaban J connectivity index is 1.38. The summed E-state index contributed by atoms with van der Waals surface area (Å²) in [6.07, 6.45) is 2.93. The molecule has 0 radical (unpaired) electrons. The Morgan fingerprint density at radius 1 is 1.09 bits per heavy atom. The molecule has 0 atom stereocenters.